The number of hydrogen-bond donors (Lipinski definition) is 1. The van der Waals surface area contributed by atoms with Crippen LogP contribution in [0.25, 0.3) is 0 Å². The van der Waals surface area contributed by atoms with E-state index in [0.29, 0.717) is 12.3 Å². The first kappa shape index (κ1) is 17.8. The minimum absolute atomic E-state index is 0.241. The first-order valence-corrected chi connectivity index (χ1v) is 10.7. The van der Waals surface area contributed by atoms with E-state index in [1.165, 1.54) is 62.6 Å². The molecule has 2 nitrogen and oxygen atoms in total. The fourth-order valence-electron chi connectivity index (χ4n) is 5.90. The largest absolute Gasteiger partial charge is 0.383 e. The molecule has 4 atom stereocenters. The summed E-state index contributed by atoms with van der Waals surface area (Å²) in [4.78, 5) is 12.4. The van der Waals surface area contributed by atoms with E-state index in [2.05, 4.69) is 42.6 Å². The van der Waals surface area contributed by atoms with Crippen LogP contribution in [-0.4, -0.2) is 11.3 Å². The third kappa shape index (κ3) is 3.89. The molecular formula is C24H33NO. The highest BCUT2D eigenvalue weighted by atomic mass is 16.1. The van der Waals surface area contributed by atoms with Gasteiger partial charge in [-0.2, -0.15) is 0 Å². The highest BCUT2D eigenvalue weighted by molar-refractivity contribution is 5.92. The van der Waals surface area contributed by atoms with Gasteiger partial charge < -0.3 is 5.32 Å². The first-order chi connectivity index (χ1) is 12.7. The van der Waals surface area contributed by atoms with Crippen molar-refractivity contribution in [2.24, 2.45) is 11.8 Å². The Labute approximate surface area is 158 Å². The summed E-state index contributed by atoms with van der Waals surface area (Å²) in [6, 6.07) is 10.6. The molecule has 0 aliphatic heterocycles. The lowest BCUT2D eigenvalue weighted by Gasteiger charge is -2.45. The molecule has 3 aliphatic carbocycles. The third-order valence-electron chi connectivity index (χ3n) is 7.07. The molecule has 1 aromatic carbocycles. The molecule has 2 heteroatoms. The molecule has 0 amide bonds. The Kier molecular flexibility index (Phi) is 5.20. The minimum atomic E-state index is 0.241. The number of allylic oxidation sites excluding steroid dienone is 2. The van der Waals surface area contributed by atoms with Crippen LogP contribution in [0, 0.1) is 11.8 Å². The number of carbonyl (C=O) groups is 1. The molecular weight excluding hydrogens is 318 g/mol. The number of hydrogen-bond acceptors (Lipinski definition) is 2. The SMILES string of the molecule is CC[C@H]1CC2CCCCC(NC3=CC(=O)CC(c4ccccc4)C3)(C2)C1. The standard InChI is InChI=1S/C24H33NO/c1-2-18-12-19-8-6-7-11-24(16-18,17-19)25-22-13-21(14-23(26)15-22)20-9-4-3-5-10-20/h3-5,9-10,15,18-19,21,25H,2,6-8,11-14,16-17H2,1H3/t18-,19?,21?,24?/m0/s1. The third-order valence-corrected chi connectivity index (χ3v) is 7.07. The lowest BCUT2D eigenvalue weighted by Crippen LogP contribution is -2.50. The molecule has 140 valence electrons. The van der Waals surface area contributed by atoms with Crippen LogP contribution in [0.2, 0.25) is 0 Å². The molecule has 1 N–H and O–H groups in total. The van der Waals surface area contributed by atoms with E-state index in [0.717, 1.165) is 18.3 Å². The molecule has 0 saturated heterocycles. The van der Waals surface area contributed by atoms with Crippen molar-refractivity contribution in [1.82, 2.24) is 5.32 Å². The minimum Gasteiger partial charge on any atom is -0.383 e. The maximum Gasteiger partial charge on any atom is 0.158 e. The van der Waals surface area contributed by atoms with Crippen LogP contribution >= 0.6 is 0 Å². The molecule has 2 saturated carbocycles. The molecule has 0 aromatic heterocycles. The molecule has 3 aliphatic rings. The number of rotatable bonds is 4. The summed E-state index contributed by atoms with van der Waals surface area (Å²) < 4.78 is 0. The highest BCUT2D eigenvalue weighted by Gasteiger charge is 2.42. The molecule has 3 unspecified atom stereocenters. The van der Waals surface area contributed by atoms with Gasteiger partial charge in [0.2, 0.25) is 0 Å². The summed E-state index contributed by atoms with van der Waals surface area (Å²) in [7, 11) is 0. The second kappa shape index (κ2) is 7.58. The van der Waals surface area contributed by atoms with Crippen molar-refractivity contribution < 1.29 is 4.79 Å². The predicted octanol–water partition coefficient (Wildman–Crippen LogP) is 5.75. The van der Waals surface area contributed by atoms with Gasteiger partial charge in [0.15, 0.2) is 5.78 Å². The van der Waals surface area contributed by atoms with Gasteiger partial charge in [-0.25, -0.2) is 0 Å². The van der Waals surface area contributed by atoms with Gasteiger partial charge in [-0.05, 0) is 55.4 Å². The predicted molar refractivity (Wildman–Crippen MR) is 107 cm³/mol. The zero-order valence-corrected chi connectivity index (χ0v) is 16.2. The van der Waals surface area contributed by atoms with Crippen molar-refractivity contribution in [3.8, 4) is 0 Å². The van der Waals surface area contributed by atoms with Crippen LogP contribution < -0.4 is 5.32 Å². The van der Waals surface area contributed by atoms with Gasteiger partial charge in [0, 0.05) is 23.7 Å². The van der Waals surface area contributed by atoms with Crippen molar-refractivity contribution >= 4 is 5.78 Å². The van der Waals surface area contributed by atoms with Crippen molar-refractivity contribution in [2.75, 3.05) is 0 Å². The van der Waals surface area contributed by atoms with Crippen molar-refractivity contribution in [1.29, 1.82) is 0 Å². The molecule has 26 heavy (non-hydrogen) atoms. The zero-order valence-electron chi connectivity index (χ0n) is 16.2. The lowest BCUT2D eigenvalue weighted by atomic mass is 9.68. The molecule has 0 radical (unpaired) electrons. The Morgan fingerprint density at radius 2 is 1.96 bits per heavy atom. The molecule has 0 heterocycles. The smallest absolute Gasteiger partial charge is 0.158 e. The first-order valence-electron chi connectivity index (χ1n) is 10.7. The van der Waals surface area contributed by atoms with Crippen molar-refractivity contribution in [3.05, 3.63) is 47.7 Å². The van der Waals surface area contributed by atoms with Crippen LogP contribution in [0.3, 0.4) is 0 Å². The average molecular weight is 352 g/mol. The van der Waals surface area contributed by atoms with Crippen LogP contribution in [0.15, 0.2) is 42.1 Å². The molecule has 2 bridgehead atoms. The number of nitrogens with one attached hydrogen (secondary N) is 1. The van der Waals surface area contributed by atoms with Crippen molar-refractivity contribution in [3.63, 3.8) is 0 Å². The summed E-state index contributed by atoms with van der Waals surface area (Å²) in [6.45, 7) is 2.35. The van der Waals surface area contributed by atoms with Gasteiger partial charge in [0.05, 0.1) is 0 Å². The van der Waals surface area contributed by atoms with E-state index < -0.39 is 0 Å². The molecule has 1 aromatic rings. The Balaban J connectivity index is 1.53. The van der Waals surface area contributed by atoms with Crippen LogP contribution in [0.5, 0.6) is 0 Å². The quantitative estimate of drug-likeness (QED) is 0.749. The maximum absolute atomic E-state index is 12.4. The van der Waals surface area contributed by atoms with E-state index in [9.17, 15) is 4.79 Å². The fraction of sp³-hybridized carbons (Fsp3) is 0.625. The number of benzene rings is 1. The summed E-state index contributed by atoms with van der Waals surface area (Å²) in [5.74, 6) is 2.36. The average Bonchev–Trinajstić information content (AvgIpc) is 2.79. The summed E-state index contributed by atoms with van der Waals surface area (Å²) in [6.07, 6.45) is 14.3. The summed E-state index contributed by atoms with van der Waals surface area (Å²) in [5.41, 5.74) is 2.75. The Morgan fingerprint density at radius 1 is 1.12 bits per heavy atom. The van der Waals surface area contributed by atoms with Gasteiger partial charge in [-0.1, -0.05) is 62.9 Å². The second-order valence-electron chi connectivity index (χ2n) is 9.09. The highest BCUT2D eigenvalue weighted by Crippen LogP contribution is 2.46. The summed E-state index contributed by atoms with van der Waals surface area (Å²) >= 11 is 0. The van der Waals surface area contributed by atoms with Gasteiger partial charge in [-0.15, -0.1) is 0 Å². The molecule has 0 spiro atoms. The number of carbonyl (C=O) groups excluding carboxylic acids is 1. The van der Waals surface area contributed by atoms with Gasteiger partial charge >= 0.3 is 0 Å². The van der Waals surface area contributed by atoms with Crippen LogP contribution in [0.4, 0.5) is 0 Å². The van der Waals surface area contributed by atoms with E-state index in [1.807, 2.05) is 6.08 Å². The maximum atomic E-state index is 12.4. The topological polar surface area (TPSA) is 29.1 Å². The van der Waals surface area contributed by atoms with Gasteiger partial charge in [0.25, 0.3) is 0 Å². The van der Waals surface area contributed by atoms with Crippen LogP contribution in [0.1, 0.15) is 82.6 Å². The van der Waals surface area contributed by atoms with E-state index in [1.54, 1.807) is 0 Å². The van der Waals surface area contributed by atoms with Crippen LogP contribution in [-0.2, 0) is 4.79 Å². The van der Waals surface area contributed by atoms with E-state index in [4.69, 9.17) is 0 Å². The van der Waals surface area contributed by atoms with E-state index >= 15 is 0 Å². The Hall–Kier alpha value is -1.57. The fourth-order valence-corrected chi connectivity index (χ4v) is 5.90. The lowest BCUT2D eigenvalue weighted by molar-refractivity contribution is -0.115. The van der Waals surface area contributed by atoms with Gasteiger partial charge in [-0.3, -0.25) is 4.79 Å². The van der Waals surface area contributed by atoms with E-state index in [-0.39, 0.29) is 11.3 Å². The Bertz CT molecular complexity index is 664. The molecule has 2 fully saturated rings. The normalized spacial score (nSPS) is 34.7. The zero-order chi connectivity index (χ0) is 18.0. The molecule has 4 rings (SSSR count). The number of fused-ring (bicyclic) bond motifs is 2. The monoisotopic (exact) mass is 351 g/mol. The van der Waals surface area contributed by atoms with Crippen molar-refractivity contribution in [2.45, 2.75) is 82.6 Å². The Morgan fingerprint density at radius 3 is 2.77 bits per heavy atom. The summed E-state index contributed by atoms with van der Waals surface area (Å²) in [5, 5.41) is 3.98. The van der Waals surface area contributed by atoms with Gasteiger partial charge in [0.1, 0.15) is 0 Å². The second-order valence-corrected chi connectivity index (χ2v) is 9.09. The number of ketones is 1.